The minimum atomic E-state index is -3.45. The van der Waals surface area contributed by atoms with Gasteiger partial charge in [0.25, 0.3) is 11.8 Å². The molecule has 5 rings (SSSR count). The third-order valence-corrected chi connectivity index (χ3v) is 8.31. The highest BCUT2D eigenvalue weighted by Crippen LogP contribution is 2.39. The molecule has 2 N–H and O–H groups in total. The summed E-state index contributed by atoms with van der Waals surface area (Å²) in [6.45, 7) is 2.15. The number of amides is 2. The molecule has 1 saturated carbocycles. The number of fused-ring (bicyclic) bond motifs is 1. The molecule has 208 valence electrons. The summed E-state index contributed by atoms with van der Waals surface area (Å²) in [5.41, 5.74) is 3.22. The van der Waals surface area contributed by atoms with Gasteiger partial charge in [-0.3, -0.25) is 9.59 Å². The van der Waals surface area contributed by atoms with E-state index in [1.165, 1.54) is 31.3 Å². The molecule has 0 spiro atoms. The van der Waals surface area contributed by atoms with Crippen LogP contribution in [-0.4, -0.2) is 39.6 Å². The van der Waals surface area contributed by atoms with Gasteiger partial charge in [-0.15, -0.1) is 0 Å². The molecule has 40 heavy (non-hydrogen) atoms. The van der Waals surface area contributed by atoms with Crippen molar-refractivity contribution in [2.75, 3.05) is 13.3 Å². The smallest absolute Gasteiger partial charge is 0.255 e. The first-order valence-electron chi connectivity index (χ1n) is 13.2. The minimum absolute atomic E-state index is 0.157. The number of nitrogens with one attached hydrogen (secondary N) is 2. The normalized spacial score (nSPS) is 16.9. The molecule has 2 amide bonds. The molecule has 1 aliphatic carbocycles. The quantitative estimate of drug-likeness (QED) is 0.285. The van der Waals surface area contributed by atoms with Crippen LogP contribution in [0.25, 0.3) is 33.4 Å². The number of hydrogen-bond acceptors (Lipinski definition) is 5. The standard InChI is InChI=1S/C31H31FN2O5S/c1-4-18-12-24(13-18)34-30(35)21-7-5-6-20(14-21)25-16-26-27(15-22(25)17-40(3,37)38)39-29(28(26)31(36)33-2)19-8-10-23(32)11-9-19/h5-11,14-16,18,24H,4,12-13,17H2,1-3H3,(H,33,36)(H,34,35). The second kappa shape index (κ2) is 10.9. The van der Waals surface area contributed by atoms with Crippen molar-refractivity contribution in [3.63, 3.8) is 0 Å². The van der Waals surface area contributed by atoms with Gasteiger partial charge in [0.15, 0.2) is 9.84 Å². The number of furan rings is 1. The zero-order valence-corrected chi connectivity index (χ0v) is 23.4. The first kappa shape index (κ1) is 27.6. The molecule has 9 heteroatoms. The summed E-state index contributed by atoms with van der Waals surface area (Å²) in [4.78, 5) is 26.1. The largest absolute Gasteiger partial charge is 0.455 e. The number of sulfone groups is 1. The van der Waals surface area contributed by atoms with Crippen LogP contribution in [0.1, 0.15) is 52.5 Å². The highest BCUT2D eigenvalue weighted by Gasteiger charge is 2.29. The van der Waals surface area contributed by atoms with Crippen LogP contribution >= 0.6 is 0 Å². The lowest BCUT2D eigenvalue weighted by Gasteiger charge is -2.35. The van der Waals surface area contributed by atoms with Gasteiger partial charge in [-0.25, -0.2) is 12.8 Å². The highest BCUT2D eigenvalue weighted by atomic mass is 32.2. The molecule has 0 unspecified atom stereocenters. The molecule has 0 atom stereocenters. The van der Waals surface area contributed by atoms with Crippen LogP contribution in [0.4, 0.5) is 4.39 Å². The molecule has 1 aromatic heterocycles. The summed E-state index contributed by atoms with van der Waals surface area (Å²) in [7, 11) is -1.94. The zero-order chi connectivity index (χ0) is 28.6. The number of carbonyl (C=O) groups excluding carboxylic acids is 2. The van der Waals surface area contributed by atoms with Gasteiger partial charge in [0.05, 0.1) is 11.3 Å². The summed E-state index contributed by atoms with van der Waals surface area (Å²) in [6.07, 6.45) is 4.18. The van der Waals surface area contributed by atoms with Gasteiger partial charge in [0.1, 0.15) is 17.2 Å². The molecule has 4 aromatic rings. The van der Waals surface area contributed by atoms with E-state index in [0.717, 1.165) is 25.5 Å². The van der Waals surface area contributed by atoms with Crippen molar-refractivity contribution in [1.29, 1.82) is 0 Å². The molecule has 0 radical (unpaired) electrons. The van der Waals surface area contributed by atoms with Crippen LogP contribution in [0, 0.1) is 11.7 Å². The van der Waals surface area contributed by atoms with E-state index in [9.17, 15) is 22.4 Å². The molecule has 1 heterocycles. The fourth-order valence-corrected chi connectivity index (χ4v) is 6.10. The Morgan fingerprint density at radius 1 is 1.00 bits per heavy atom. The van der Waals surface area contributed by atoms with Crippen LogP contribution < -0.4 is 10.6 Å². The van der Waals surface area contributed by atoms with E-state index in [-0.39, 0.29) is 29.0 Å². The predicted octanol–water partition coefficient (Wildman–Crippen LogP) is 5.73. The van der Waals surface area contributed by atoms with Crippen LogP contribution in [0.2, 0.25) is 0 Å². The van der Waals surface area contributed by atoms with Crippen LogP contribution in [-0.2, 0) is 15.6 Å². The Balaban J connectivity index is 1.63. The fourth-order valence-electron chi connectivity index (χ4n) is 5.29. The number of halogens is 1. The topological polar surface area (TPSA) is 105 Å². The summed E-state index contributed by atoms with van der Waals surface area (Å²) in [5, 5.41) is 6.19. The average Bonchev–Trinajstić information content (AvgIpc) is 3.27. The second-order valence-electron chi connectivity index (χ2n) is 10.5. The molecular formula is C31H31FN2O5S. The first-order chi connectivity index (χ1) is 19.1. The fraction of sp³-hybridized carbons (Fsp3) is 0.290. The van der Waals surface area contributed by atoms with Crippen molar-refractivity contribution in [2.24, 2.45) is 5.92 Å². The Bertz CT molecular complexity index is 1700. The molecule has 0 saturated heterocycles. The van der Waals surface area contributed by atoms with Gasteiger partial charge in [-0.05, 0) is 84.0 Å². The zero-order valence-electron chi connectivity index (χ0n) is 22.6. The molecule has 0 aliphatic heterocycles. The van der Waals surface area contributed by atoms with Gasteiger partial charge in [-0.1, -0.05) is 25.5 Å². The molecule has 3 aromatic carbocycles. The van der Waals surface area contributed by atoms with E-state index in [0.29, 0.717) is 44.7 Å². The molecule has 1 aliphatic rings. The van der Waals surface area contributed by atoms with Crippen molar-refractivity contribution in [1.82, 2.24) is 10.6 Å². The van der Waals surface area contributed by atoms with Gasteiger partial charge >= 0.3 is 0 Å². The Morgan fingerprint density at radius 2 is 1.73 bits per heavy atom. The van der Waals surface area contributed by atoms with E-state index in [1.807, 2.05) is 0 Å². The Hall–Kier alpha value is -3.98. The monoisotopic (exact) mass is 562 g/mol. The maximum Gasteiger partial charge on any atom is 0.255 e. The number of rotatable bonds is 8. The summed E-state index contributed by atoms with van der Waals surface area (Å²) in [5.74, 6) is -0.386. The number of carbonyl (C=O) groups is 2. The van der Waals surface area contributed by atoms with E-state index in [2.05, 4.69) is 17.6 Å². The SMILES string of the molecule is CCC1CC(NC(=O)c2cccc(-c3cc4c(C(=O)NC)c(-c5ccc(F)cc5)oc4cc3CS(C)(=O)=O)c2)C1. The van der Waals surface area contributed by atoms with E-state index in [1.54, 1.807) is 36.4 Å². The first-order valence-corrected chi connectivity index (χ1v) is 15.3. The highest BCUT2D eigenvalue weighted by molar-refractivity contribution is 7.89. The van der Waals surface area contributed by atoms with Crippen LogP contribution in [0.5, 0.6) is 0 Å². The van der Waals surface area contributed by atoms with Crippen molar-refractivity contribution in [2.45, 2.75) is 38.0 Å². The molecule has 7 nitrogen and oxygen atoms in total. The Labute approximate surface area is 232 Å². The van der Waals surface area contributed by atoms with Gasteiger partial charge in [0.2, 0.25) is 0 Å². The maximum atomic E-state index is 13.6. The predicted molar refractivity (Wildman–Crippen MR) is 153 cm³/mol. The van der Waals surface area contributed by atoms with Crippen LogP contribution in [0.15, 0.2) is 65.1 Å². The maximum absolute atomic E-state index is 13.6. The van der Waals surface area contributed by atoms with Crippen molar-refractivity contribution < 1.29 is 26.8 Å². The number of hydrogen-bond donors (Lipinski definition) is 2. The second-order valence-corrected chi connectivity index (χ2v) is 12.6. The lowest BCUT2D eigenvalue weighted by Crippen LogP contribution is -2.44. The Morgan fingerprint density at radius 3 is 2.38 bits per heavy atom. The van der Waals surface area contributed by atoms with E-state index >= 15 is 0 Å². The average molecular weight is 563 g/mol. The van der Waals surface area contributed by atoms with E-state index < -0.39 is 21.6 Å². The molecule has 0 bridgehead atoms. The van der Waals surface area contributed by atoms with Crippen LogP contribution in [0.3, 0.4) is 0 Å². The molecular weight excluding hydrogens is 531 g/mol. The molecule has 1 fully saturated rings. The van der Waals surface area contributed by atoms with Gasteiger partial charge in [0, 0.05) is 35.9 Å². The third-order valence-electron chi connectivity index (χ3n) is 7.48. The summed E-state index contributed by atoms with van der Waals surface area (Å²) >= 11 is 0. The van der Waals surface area contributed by atoms with Crippen molar-refractivity contribution in [3.05, 3.63) is 83.2 Å². The Kier molecular flexibility index (Phi) is 7.51. The van der Waals surface area contributed by atoms with Crippen molar-refractivity contribution in [3.8, 4) is 22.5 Å². The summed E-state index contributed by atoms with van der Waals surface area (Å²) in [6, 6.07) is 16.1. The minimum Gasteiger partial charge on any atom is -0.455 e. The van der Waals surface area contributed by atoms with Gasteiger partial charge < -0.3 is 15.1 Å². The van der Waals surface area contributed by atoms with Crippen molar-refractivity contribution >= 4 is 32.6 Å². The lowest BCUT2D eigenvalue weighted by molar-refractivity contribution is 0.0887. The lowest BCUT2D eigenvalue weighted by atomic mass is 9.78. The van der Waals surface area contributed by atoms with E-state index in [4.69, 9.17) is 4.42 Å². The summed E-state index contributed by atoms with van der Waals surface area (Å²) < 4.78 is 44.5. The number of benzene rings is 3. The third kappa shape index (κ3) is 5.65. The van der Waals surface area contributed by atoms with Gasteiger partial charge in [-0.2, -0.15) is 0 Å².